The maximum atomic E-state index is 13.5. The largest absolute Gasteiger partial charge is 0.398 e. The van der Waals surface area contributed by atoms with Gasteiger partial charge >= 0.3 is 0 Å². The second kappa shape index (κ2) is 9.48. The monoisotopic (exact) mass is 432 g/mol. The molecule has 0 saturated heterocycles. The minimum absolute atomic E-state index is 0.167. The molecule has 4 rings (SSSR count). The number of hydrogen-bond acceptors (Lipinski definition) is 4. The molecule has 2 aromatic carbocycles. The van der Waals surface area contributed by atoms with Gasteiger partial charge in [-0.05, 0) is 73.6 Å². The first-order valence-electron chi connectivity index (χ1n) is 12.4. The summed E-state index contributed by atoms with van der Waals surface area (Å²) in [6.07, 6.45) is 11.4. The number of unbranched alkanes of at least 4 members (excludes halogenated alkanes) is 2. The topological polar surface area (TPSA) is 86.2 Å². The van der Waals surface area contributed by atoms with Crippen molar-refractivity contribution in [2.45, 2.75) is 84.0 Å². The Morgan fingerprint density at radius 3 is 2.00 bits per heavy atom. The van der Waals surface area contributed by atoms with Gasteiger partial charge in [0, 0.05) is 22.5 Å². The number of fused-ring (bicyclic) bond motifs is 2. The van der Waals surface area contributed by atoms with Crippen molar-refractivity contribution in [3.8, 4) is 0 Å². The Bertz CT molecular complexity index is 1030. The van der Waals surface area contributed by atoms with E-state index in [1.54, 1.807) is 6.07 Å². The van der Waals surface area contributed by atoms with Crippen molar-refractivity contribution in [2.75, 3.05) is 11.5 Å². The second-order valence-corrected chi connectivity index (χ2v) is 9.67. The summed E-state index contributed by atoms with van der Waals surface area (Å²) < 4.78 is 0. The molecule has 2 aliphatic carbocycles. The third-order valence-electron chi connectivity index (χ3n) is 7.61. The van der Waals surface area contributed by atoms with Crippen molar-refractivity contribution >= 4 is 22.9 Å². The van der Waals surface area contributed by atoms with Gasteiger partial charge < -0.3 is 11.5 Å². The minimum atomic E-state index is -0.174. The van der Waals surface area contributed by atoms with Crippen LogP contribution in [0.5, 0.6) is 0 Å². The summed E-state index contributed by atoms with van der Waals surface area (Å²) in [6, 6.07) is 7.46. The number of anilines is 2. The zero-order valence-corrected chi connectivity index (χ0v) is 19.5. The van der Waals surface area contributed by atoms with E-state index in [1.165, 1.54) is 32.1 Å². The molecule has 1 fully saturated rings. The van der Waals surface area contributed by atoms with Gasteiger partial charge in [-0.2, -0.15) is 0 Å². The standard InChI is InChI=1S/C28H36N2O2/c1-3-5-7-17-9-11-18(12-10-17)20-15-16-22-24(26(20)30)28(32)21-14-13-19(8-6-4-2)25(29)23(21)27(22)31/h13-18H,3-12,29-30H2,1-2H3. The third-order valence-corrected chi connectivity index (χ3v) is 7.61. The highest BCUT2D eigenvalue weighted by molar-refractivity contribution is 6.31. The first-order valence-corrected chi connectivity index (χ1v) is 12.4. The van der Waals surface area contributed by atoms with E-state index in [2.05, 4.69) is 13.8 Å². The van der Waals surface area contributed by atoms with Crippen LogP contribution < -0.4 is 11.5 Å². The lowest BCUT2D eigenvalue weighted by Gasteiger charge is -2.31. The fourth-order valence-corrected chi connectivity index (χ4v) is 5.63. The van der Waals surface area contributed by atoms with Crippen LogP contribution in [0.4, 0.5) is 11.4 Å². The predicted octanol–water partition coefficient (Wildman–Crippen LogP) is 6.43. The van der Waals surface area contributed by atoms with Crippen molar-refractivity contribution in [1.29, 1.82) is 0 Å². The minimum Gasteiger partial charge on any atom is -0.398 e. The molecule has 4 heteroatoms. The number of aryl methyl sites for hydroxylation is 1. The highest BCUT2D eigenvalue weighted by atomic mass is 16.1. The summed E-state index contributed by atoms with van der Waals surface area (Å²) in [5.41, 5.74) is 17.4. The Hall–Kier alpha value is -2.62. The molecule has 0 radical (unpaired) electrons. The number of carbonyl (C=O) groups is 2. The molecule has 0 bridgehead atoms. The second-order valence-electron chi connectivity index (χ2n) is 9.67. The van der Waals surface area contributed by atoms with Gasteiger partial charge in [-0.25, -0.2) is 0 Å². The van der Waals surface area contributed by atoms with E-state index < -0.39 is 0 Å². The first-order chi connectivity index (χ1) is 15.5. The van der Waals surface area contributed by atoms with Crippen molar-refractivity contribution in [1.82, 2.24) is 0 Å². The summed E-state index contributed by atoms with van der Waals surface area (Å²) in [4.78, 5) is 26.9. The van der Waals surface area contributed by atoms with E-state index in [-0.39, 0.29) is 11.6 Å². The van der Waals surface area contributed by atoms with Crippen LogP contribution in [0.1, 0.15) is 121 Å². The molecule has 4 N–H and O–H groups in total. The van der Waals surface area contributed by atoms with Gasteiger partial charge in [-0.15, -0.1) is 0 Å². The molecule has 0 heterocycles. The molecule has 1 saturated carbocycles. The zero-order chi connectivity index (χ0) is 22.8. The lowest BCUT2D eigenvalue weighted by atomic mass is 9.74. The summed E-state index contributed by atoms with van der Waals surface area (Å²) in [7, 11) is 0. The molecule has 2 aromatic rings. The number of carbonyl (C=O) groups excluding carboxylic acids is 2. The van der Waals surface area contributed by atoms with Gasteiger partial charge in [0.1, 0.15) is 0 Å². The molecule has 0 amide bonds. The maximum absolute atomic E-state index is 13.5. The molecule has 2 aliphatic rings. The lowest BCUT2D eigenvalue weighted by molar-refractivity contribution is 0.0980. The molecule has 0 aromatic heterocycles. The molecule has 0 unspecified atom stereocenters. The first kappa shape index (κ1) is 22.6. The van der Waals surface area contributed by atoms with Crippen LogP contribution in [-0.2, 0) is 6.42 Å². The van der Waals surface area contributed by atoms with E-state index in [0.717, 1.165) is 49.1 Å². The third kappa shape index (κ3) is 3.96. The zero-order valence-electron chi connectivity index (χ0n) is 19.5. The highest BCUT2D eigenvalue weighted by Crippen LogP contribution is 2.43. The van der Waals surface area contributed by atoms with Gasteiger partial charge in [-0.3, -0.25) is 9.59 Å². The highest BCUT2D eigenvalue weighted by Gasteiger charge is 2.35. The van der Waals surface area contributed by atoms with E-state index >= 15 is 0 Å². The van der Waals surface area contributed by atoms with Crippen LogP contribution in [0, 0.1) is 5.92 Å². The van der Waals surface area contributed by atoms with Gasteiger partial charge in [0.2, 0.25) is 0 Å². The smallest absolute Gasteiger partial charge is 0.196 e. The number of ketones is 2. The van der Waals surface area contributed by atoms with Gasteiger partial charge in [-0.1, -0.05) is 51.7 Å². The Morgan fingerprint density at radius 2 is 1.38 bits per heavy atom. The number of rotatable bonds is 7. The normalized spacial score (nSPS) is 20.2. The molecule has 170 valence electrons. The van der Waals surface area contributed by atoms with E-state index in [0.29, 0.717) is 39.5 Å². The summed E-state index contributed by atoms with van der Waals surface area (Å²) in [5.74, 6) is 0.834. The Balaban J connectivity index is 1.64. The number of benzene rings is 2. The number of nitrogen functional groups attached to an aromatic ring is 2. The molecule has 0 aliphatic heterocycles. The summed E-state index contributed by atoms with van der Waals surface area (Å²) in [5, 5.41) is 0. The fraction of sp³-hybridized carbons (Fsp3) is 0.500. The van der Waals surface area contributed by atoms with Crippen LogP contribution in [0.3, 0.4) is 0 Å². The van der Waals surface area contributed by atoms with Gasteiger partial charge in [0.25, 0.3) is 0 Å². The average molecular weight is 433 g/mol. The average Bonchev–Trinajstić information content (AvgIpc) is 2.80. The van der Waals surface area contributed by atoms with Crippen molar-refractivity contribution < 1.29 is 9.59 Å². The fourth-order valence-electron chi connectivity index (χ4n) is 5.63. The molecular weight excluding hydrogens is 396 g/mol. The van der Waals surface area contributed by atoms with Gasteiger partial charge in [0.05, 0.1) is 11.1 Å². The number of hydrogen-bond donors (Lipinski definition) is 2. The molecule has 32 heavy (non-hydrogen) atoms. The molecule has 4 nitrogen and oxygen atoms in total. The maximum Gasteiger partial charge on any atom is 0.196 e. The SMILES string of the molecule is CCCCc1ccc2c(c1N)C(=O)c1ccc(C3CCC(CCCC)CC3)c(N)c1C2=O. The van der Waals surface area contributed by atoms with E-state index in [9.17, 15) is 9.59 Å². The Kier molecular flexibility index (Phi) is 6.68. The number of nitrogens with two attached hydrogens (primary N) is 2. The van der Waals surface area contributed by atoms with Crippen LogP contribution in [0.25, 0.3) is 0 Å². The quantitative estimate of drug-likeness (QED) is 0.421. The van der Waals surface area contributed by atoms with Crippen molar-refractivity contribution in [3.05, 3.63) is 57.6 Å². The van der Waals surface area contributed by atoms with E-state index in [4.69, 9.17) is 11.5 Å². The Morgan fingerprint density at radius 1 is 0.781 bits per heavy atom. The summed E-state index contributed by atoms with van der Waals surface area (Å²) >= 11 is 0. The van der Waals surface area contributed by atoms with Crippen LogP contribution in [0.2, 0.25) is 0 Å². The molecule has 0 spiro atoms. The van der Waals surface area contributed by atoms with Crippen molar-refractivity contribution in [2.24, 2.45) is 5.92 Å². The van der Waals surface area contributed by atoms with Crippen LogP contribution >= 0.6 is 0 Å². The van der Waals surface area contributed by atoms with Crippen LogP contribution in [0.15, 0.2) is 24.3 Å². The van der Waals surface area contributed by atoms with Crippen molar-refractivity contribution in [3.63, 3.8) is 0 Å². The summed E-state index contributed by atoms with van der Waals surface area (Å²) in [6.45, 7) is 4.37. The van der Waals surface area contributed by atoms with Crippen LogP contribution in [-0.4, -0.2) is 11.6 Å². The molecular formula is C28H36N2O2. The Labute approximate surface area is 191 Å². The lowest BCUT2D eigenvalue weighted by Crippen LogP contribution is -2.25. The molecule has 0 atom stereocenters. The van der Waals surface area contributed by atoms with Gasteiger partial charge in [0.15, 0.2) is 11.6 Å². The predicted molar refractivity (Wildman–Crippen MR) is 131 cm³/mol. The van der Waals surface area contributed by atoms with E-state index in [1.807, 2.05) is 18.2 Å².